The Balaban J connectivity index is 1.74. The summed E-state index contributed by atoms with van der Waals surface area (Å²) < 4.78 is 5.05. The van der Waals surface area contributed by atoms with Gasteiger partial charge in [0.05, 0.1) is 6.04 Å². The van der Waals surface area contributed by atoms with Gasteiger partial charge >= 0.3 is 0 Å². The summed E-state index contributed by atoms with van der Waals surface area (Å²) in [4.78, 5) is 25.9. The van der Waals surface area contributed by atoms with Crippen molar-refractivity contribution < 1.29 is 19.4 Å². The van der Waals surface area contributed by atoms with E-state index in [0.29, 0.717) is 5.56 Å². The summed E-state index contributed by atoms with van der Waals surface area (Å²) >= 11 is 0. The fourth-order valence-electron chi connectivity index (χ4n) is 4.76. The molecule has 3 aromatic rings. The molecule has 1 aliphatic heterocycles. The highest BCUT2D eigenvalue weighted by Gasteiger charge is 2.32. The van der Waals surface area contributed by atoms with Crippen LogP contribution in [0.25, 0.3) is 11.1 Å². The van der Waals surface area contributed by atoms with Crippen molar-refractivity contribution in [3.8, 4) is 11.1 Å². The number of aliphatic hydroxyl groups excluding tert-OH is 1. The molecule has 182 valence electrons. The maximum absolute atomic E-state index is 12.5. The first-order chi connectivity index (χ1) is 16.8. The highest BCUT2D eigenvalue weighted by Crippen LogP contribution is 2.41. The Bertz CT molecular complexity index is 1240. The maximum atomic E-state index is 12.5. The number of benzene rings is 3. The van der Waals surface area contributed by atoms with E-state index in [9.17, 15) is 14.7 Å². The summed E-state index contributed by atoms with van der Waals surface area (Å²) in [7, 11) is 1.46. The Morgan fingerprint density at radius 1 is 1.00 bits per heavy atom. The number of methoxy groups -OCH3 is 1. The Kier molecular flexibility index (Phi) is 7.19. The Hall–Kier alpha value is -3.68. The van der Waals surface area contributed by atoms with Crippen LogP contribution in [0.2, 0.25) is 0 Å². The lowest BCUT2D eigenvalue weighted by atomic mass is 9.88. The second kappa shape index (κ2) is 10.3. The standard InChI is InChI=1S/C28H31N3O4/c1-17-13-26(30-24-10-6-8-22(15-24)28(34)35-4)25-16-21(11-12-27(25)31(17)19(3)33)20-7-5-9-23(14-20)29-18(2)32/h5-12,14-17,26,28,30,34H,13H2,1-4H3,(H,29,32)/t17-,26+,28?/m0/s1. The van der Waals surface area contributed by atoms with Crippen LogP contribution >= 0.6 is 0 Å². The molecule has 3 aromatic carbocycles. The van der Waals surface area contributed by atoms with Crippen LogP contribution in [0.5, 0.6) is 0 Å². The van der Waals surface area contributed by atoms with E-state index in [0.717, 1.165) is 40.2 Å². The van der Waals surface area contributed by atoms with Gasteiger partial charge < -0.3 is 25.4 Å². The summed E-state index contributed by atoms with van der Waals surface area (Å²) in [5.74, 6) is -0.119. The average Bonchev–Trinajstić information content (AvgIpc) is 2.83. The molecule has 0 saturated heterocycles. The van der Waals surface area contributed by atoms with Gasteiger partial charge in [0.1, 0.15) is 0 Å². The van der Waals surface area contributed by atoms with Crippen LogP contribution in [-0.4, -0.2) is 30.1 Å². The highest BCUT2D eigenvalue weighted by atomic mass is 16.6. The number of hydrogen-bond acceptors (Lipinski definition) is 5. The van der Waals surface area contributed by atoms with Crippen molar-refractivity contribution in [1.29, 1.82) is 0 Å². The molecule has 0 fully saturated rings. The first-order valence-corrected chi connectivity index (χ1v) is 11.7. The lowest BCUT2D eigenvalue weighted by Crippen LogP contribution is -2.43. The van der Waals surface area contributed by atoms with Crippen LogP contribution in [0.3, 0.4) is 0 Å². The number of aliphatic hydroxyl groups is 1. The zero-order valence-electron chi connectivity index (χ0n) is 20.4. The van der Waals surface area contributed by atoms with Crippen molar-refractivity contribution in [2.75, 3.05) is 22.6 Å². The number of anilines is 3. The van der Waals surface area contributed by atoms with E-state index in [1.807, 2.05) is 65.6 Å². The predicted molar refractivity (Wildman–Crippen MR) is 138 cm³/mol. The number of hydrogen-bond donors (Lipinski definition) is 3. The van der Waals surface area contributed by atoms with Crippen molar-refractivity contribution in [2.45, 2.75) is 45.6 Å². The monoisotopic (exact) mass is 473 g/mol. The molecule has 7 nitrogen and oxygen atoms in total. The fraction of sp³-hybridized carbons (Fsp3) is 0.286. The first kappa shape index (κ1) is 24.4. The van der Waals surface area contributed by atoms with Gasteiger partial charge in [-0.3, -0.25) is 9.59 Å². The number of carbonyl (C=O) groups is 2. The maximum Gasteiger partial charge on any atom is 0.224 e. The van der Waals surface area contributed by atoms with E-state index in [2.05, 4.69) is 23.6 Å². The van der Waals surface area contributed by atoms with Gasteiger partial charge in [-0.25, -0.2) is 0 Å². The van der Waals surface area contributed by atoms with Gasteiger partial charge in [0.25, 0.3) is 0 Å². The zero-order valence-corrected chi connectivity index (χ0v) is 20.4. The molecule has 1 aliphatic rings. The molecule has 4 rings (SSSR count). The summed E-state index contributed by atoms with van der Waals surface area (Å²) in [5.41, 5.74) is 6.10. The van der Waals surface area contributed by atoms with Crippen LogP contribution < -0.4 is 15.5 Å². The predicted octanol–water partition coefficient (Wildman–Crippen LogP) is 5.25. The van der Waals surface area contributed by atoms with Crippen molar-refractivity contribution in [2.24, 2.45) is 0 Å². The lowest BCUT2D eigenvalue weighted by molar-refractivity contribution is -0.117. The molecule has 0 spiro atoms. The van der Waals surface area contributed by atoms with E-state index in [1.54, 1.807) is 6.92 Å². The molecule has 1 heterocycles. The third-order valence-electron chi connectivity index (χ3n) is 6.27. The average molecular weight is 474 g/mol. The molecule has 3 N–H and O–H groups in total. The molecular formula is C28H31N3O4. The minimum absolute atomic E-state index is 0.00261. The number of amides is 2. The van der Waals surface area contributed by atoms with Crippen LogP contribution in [0, 0.1) is 0 Å². The van der Waals surface area contributed by atoms with Gasteiger partial charge in [-0.15, -0.1) is 0 Å². The molecule has 0 saturated carbocycles. The highest BCUT2D eigenvalue weighted by molar-refractivity contribution is 5.94. The molecule has 2 amide bonds. The van der Waals surface area contributed by atoms with Crippen LogP contribution in [0.1, 0.15) is 50.7 Å². The van der Waals surface area contributed by atoms with E-state index in [4.69, 9.17) is 4.74 Å². The van der Waals surface area contributed by atoms with Gasteiger partial charge in [0.15, 0.2) is 6.29 Å². The number of nitrogens with zero attached hydrogens (tertiary/aromatic N) is 1. The van der Waals surface area contributed by atoms with E-state index < -0.39 is 6.29 Å². The minimum Gasteiger partial charge on any atom is -0.378 e. The van der Waals surface area contributed by atoms with Gasteiger partial charge in [-0.05, 0) is 66.4 Å². The number of ether oxygens (including phenoxy) is 1. The lowest BCUT2D eigenvalue weighted by Gasteiger charge is -2.40. The summed E-state index contributed by atoms with van der Waals surface area (Å²) in [6, 6.07) is 21.3. The topological polar surface area (TPSA) is 90.9 Å². The molecule has 35 heavy (non-hydrogen) atoms. The van der Waals surface area contributed by atoms with Crippen molar-refractivity contribution >= 4 is 28.9 Å². The molecule has 0 radical (unpaired) electrons. The van der Waals surface area contributed by atoms with E-state index in [1.165, 1.54) is 14.0 Å². The number of fused-ring (bicyclic) bond motifs is 1. The van der Waals surface area contributed by atoms with Crippen molar-refractivity contribution in [3.05, 3.63) is 77.9 Å². The number of nitrogens with one attached hydrogen (secondary N) is 2. The Morgan fingerprint density at radius 3 is 2.43 bits per heavy atom. The van der Waals surface area contributed by atoms with Gasteiger partial charge in [-0.2, -0.15) is 0 Å². The smallest absolute Gasteiger partial charge is 0.224 e. The third-order valence-corrected chi connectivity index (χ3v) is 6.27. The van der Waals surface area contributed by atoms with Crippen LogP contribution in [0.15, 0.2) is 66.7 Å². The molecule has 7 heteroatoms. The third kappa shape index (κ3) is 5.37. The molecule has 1 unspecified atom stereocenters. The normalized spacial score (nSPS) is 17.9. The van der Waals surface area contributed by atoms with Crippen LogP contribution in [0.4, 0.5) is 17.1 Å². The van der Waals surface area contributed by atoms with Crippen molar-refractivity contribution in [1.82, 2.24) is 0 Å². The van der Waals surface area contributed by atoms with Crippen molar-refractivity contribution in [3.63, 3.8) is 0 Å². The molecular weight excluding hydrogens is 442 g/mol. The minimum atomic E-state index is -0.995. The molecule has 0 aromatic heterocycles. The number of carbonyl (C=O) groups excluding carboxylic acids is 2. The largest absolute Gasteiger partial charge is 0.378 e. The quantitative estimate of drug-likeness (QED) is 0.426. The molecule has 3 atom stereocenters. The van der Waals surface area contributed by atoms with E-state index >= 15 is 0 Å². The summed E-state index contributed by atoms with van der Waals surface area (Å²) in [5, 5.41) is 16.5. The molecule has 0 aliphatic carbocycles. The second-order valence-electron chi connectivity index (χ2n) is 8.92. The van der Waals surface area contributed by atoms with Crippen LogP contribution in [-0.2, 0) is 14.3 Å². The van der Waals surface area contributed by atoms with Gasteiger partial charge in [-0.1, -0.05) is 30.3 Å². The van der Waals surface area contributed by atoms with E-state index in [-0.39, 0.29) is 23.9 Å². The zero-order chi connectivity index (χ0) is 25.1. The van der Waals surface area contributed by atoms with Gasteiger partial charge in [0, 0.05) is 49.6 Å². The molecule has 0 bridgehead atoms. The Labute approximate surface area is 205 Å². The summed E-state index contributed by atoms with van der Waals surface area (Å²) in [6.07, 6.45) is -0.274. The number of rotatable bonds is 6. The van der Waals surface area contributed by atoms with Gasteiger partial charge in [0.2, 0.25) is 11.8 Å². The SMILES string of the molecule is COC(O)c1cccc(N[C@@H]2C[C@H](C)N(C(C)=O)c3ccc(-c4cccc(NC(C)=O)c4)cc32)c1. The Morgan fingerprint density at radius 2 is 1.71 bits per heavy atom. The first-order valence-electron chi connectivity index (χ1n) is 11.7. The second-order valence-corrected chi connectivity index (χ2v) is 8.92. The summed E-state index contributed by atoms with van der Waals surface area (Å²) in [6.45, 7) is 5.13. The fourth-order valence-corrected chi connectivity index (χ4v) is 4.76.